The Kier molecular flexibility index (Phi) is 4.06. The first-order valence-corrected chi connectivity index (χ1v) is 9.09. The van der Waals surface area contributed by atoms with E-state index < -0.39 is 11.2 Å². The van der Waals surface area contributed by atoms with Gasteiger partial charge in [0.05, 0.1) is 12.2 Å². The summed E-state index contributed by atoms with van der Waals surface area (Å²) < 4.78 is 6.04. The Morgan fingerprint density at radius 1 is 1.14 bits per heavy atom. The van der Waals surface area contributed by atoms with Gasteiger partial charge in [-0.05, 0) is 26.3 Å². The van der Waals surface area contributed by atoms with Crippen molar-refractivity contribution in [2.45, 2.75) is 33.4 Å². The highest BCUT2D eigenvalue weighted by atomic mass is 16.2. The molecule has 8 heteroatoms. The molecule has 0 unspecified atom stereocenters. The summed E-state index contributed by atoms with van der Waals surface area (Å²) in [5, 5.41) is 0. The van der Waals surface area contributed by atoms with Gasteiger partial charge in [0, 0.05) is 19.3 Å². The van der Waals surface area contributed by atoms with Crippen LogP contribution in [0.25, 0.3) is 28.2 Å². The van der Waals surface area contributed by atoms with E-state index in [4.69, 9.17) is 0 Å². The number of imidazole rings is 2. The van der Waals surface area contributed by atoms with Crippen molar-refractivity contribution in [1.29, 1.82) is 0 Å². The summed E-state index contributed by atoms with van der Waals surface area (Å²) in [5.74, 6) is 0.320. The average Bonchev–Trinajstić information content (AvgIpc) is 3.20. The van der Waals surface area contributed by atoms with Gasteiger partial charge in [0.2, 0.25) is 5.78 Å². The number of benzene rings is 1. The van der Waals surface area contributed by atoms with Crippen LogP contribution in [-0.2, 0) is 18.4 Å². The van der Waals surface area contributed by atoms with Crippen molar-refractivity contribution >= 4 is 22.7 Å². The minimum absolute atomic E-state index is 0.0843. The van der Waals surface area contributed by atoms with Gasteiger partial charge in [-0.1, -0.05) is 30.3 Å². The maximum Gasteiger partial charge on any atom is 0.332 e. The molecule has 0 atom stereocenters. The zero-order valence-corrected chi connectivity index (χ0v) is 16.2. The smallest absolute Gasteiger partial charge is 0.307 e. The lowest BCUT2D eigenvalue weighted by Gasteiger charge is -2.12. The van der Waals surface area contributed by atoms with Gasteiger partial charge in [-0.3, -0.25) is 23.1 Å². The molecule has 144 valence electrons. The lowest BCUT2D eigenvalue weighted by Crippen LogP contribution is -2.40. The molecule has 0 aliphatic rings. The molecule has 28 heavy (non-hydrogen) atoms. The zero-order valence-electron chi connectivity index (χ0n) is 16.2. The topological polar surface area (TPSA) is 83.3 Å². The first-order chi connectivity index (χ1) is 13.3. The Morgan fingerprint density at radius 3 is 2.43 bits per heavy atom. The number of Topliss-reactive ketones (excluding diaryl/α,β-unsaturated/α-hetero) is 1. The van der Waals surface area contributed by atoms with E-state index in [9.17, 15) is 14.4 Å². The van der Waals surface area contributed by atoms with Gasteiger partial charge in [0.15, 0.2) is 11.2 Å². The molecule has 0 saturated heterocycles. The minimum atomic E-state index is -0.548. The third-order valence-electron chi connectivity index (χ3n) is 4.85. The fourth-order valence-electron chi connectivity index (χ4n) is 3.61. The average molecular weight is 379 g/mol. The molecule has 0 saturated carbocycles. The molecule has 1 aromatic carbocycles. The zero-order chi connectivity index (χ0) is 20.2. The Labute approximate surface area is 160 Å². The van der Waals surface area contributed by atoms with Gasteiger partial charge >= 0.3 is 5.69 Å². The number of aromatic nitrogens is 5. The summed E-state index contributed by atoms with van der Waals surface area (Å²) in [6, 6.07) is 9.94. The predicted molar refractivity (Wildman–Crippen MR) is 107 cm³/mol. The van der Waals surface area contributed by atoms with Crippen LogP contribution in [0.5, 0.6) is 0 Å². The van der Waals surface area contributed by atoms with Crippen molar-refractivity contribution in [1.82, 2.24) is 23.1 Å². The molecule has 0 aliphatic heterocycles. The maximum absolute atomic E-state index is 13.1. The van der Waals surface area contributed by atoms with Crippen LogP contribution in [0.1, 0.15) is 26.8 Å². The fraction of sp³-hybridized carbons (Fsp3) is 0.300. The molecule has 3 aromatic heterocycles. The highest BCUT2D eigenvalue weighted by molar-refractivity contribution is 5.79. The predicted octanol–water partition coefficient (Wildman–Crippen LogP) is 1.99. The Morgan fingerprint density at radius 2 is 1.82 bits per heavy atom. The van der Waals surface area contributed by atoms with E-state index in [0.717, 1.165) is 15.8 Å². The van der Waals surface area contributed by atoms with Crippen LogP contribution in [0.4, 0.5) is 0 Å². The van der Waals surface area contributed by atoms with Crippen LogP contribution >= 0.6 is 0 Å². The second kappa shape index (κ2) is 6.33. The molecule has 0 fully saturated rings. The SMILES string of the molecule is CC(=O)Cn1c(=O)c2c(nc3n(C(C)C)c(-c4ccccc4)cn23)n(C)c1=O. The normalized spacial score (nSPS) is 11.8. The first-order valence-electron chi connectivity index (χ1n) is 9.09. The van der Waals surface area contributed by atoms with Crippen LogP contribution in [0, 0.1) is 0 Å². The van der Waals surface area contributed by atoms with Gasteiger partial charge in [0.25, 0.3) is 5.56 Å². The molecule has 4 rings (SSSR count). The third kappa shape index (κ3) is 2.52. The van der Waals surface area contributed by atoms with Crippen molar-refractivity contribution in [3.63, 3.8) is 0 Å². The standard InChI is InChI=1S/C20H21N5O3/c1-12(2)25-15(14-8-6-5-7-9-14)11-23-16-17(21-19(23)25)22(4)20(28)24(18(16)27)10-13(3)26/h5-9,11-12H,10H2,1-4H3. The summed E-state index contributed by atoms with van der Waals surface area (Å²) in [6.45, 7) is 5.17. The number of carbonyl (C=O) groups is 1. The third-order valence-corrected chi connectivity index (χ3v) is 4.85. The molecule has 0 aliphatic carbocycles. The molecule has 8 nitrogen and oxygen atoms in total. The Hall–Kier alpha value is -3.42. The molecule has 0 N–H and O–H groups in total. The number of carbonyl (C=O) groups excluding carboxylic acids is 1. The molecular formula is C20H21N5O3. The second-order valence-corrected chi connectivity index (χ2v) is 7.23. The van der Waals surface area contributed by atoms with E-state index >= 15 is 0 Å². The number of ketones is 1. The summed E-state index contributed by atoms with van der Waals surface area (Å²) in [4.78, 5) is 41.8. The summed E-state index contributed by atoms with van der Waals surface area (Å²) in [5.41, 5.74) is 1.46. The fourth-order valence-corrected chi connectivity index (χ4v) is 3.61. The van der Waals surface area contributed by atoms with Crippen molar-refractivity contribution in [2.75, 3.05) is 0 Å². The Balaban J connectivity index is 2.15. The quantitative estimate of drug-likeness (QED) is 0.543. The van der Waals surface area contributed by atoms with Crippen LogP contribution in [0.3, 0.4) is 0 Å². The summed E-state index contributed by atoms with van der Waals surface area (Å²) in [7, 11) is 1.56. The first kappa shape index (κ1) is 18.0. The van der Waals surface area contributed by atoms with E-state index in [1.807, 2.05) is 54.9 Å². The van der Waals surface area contributed by atoms with Gasteiger partial charge in [-0.15, -0.1) is 0 Å². The van der Waals surface area contributed by atoms with Crippen molar-refractivity contribution < 1.29 is 4.79 Å². The summed E-state index contributed by atoms with van der Waals surface area (Å²) >= 11 is 0. The van der Waals surface area contributed by atoms with Crippen LogP contribution in [0.2, 0.25) is 0 Å². The van der Waals surface area contributed by atoms with E-state index in [1.165, 1.54) is 11.5 Å². The molecule has 0 bridgehead atoms. The van der Waals surface area contributed by atoms with Crippen molar-refractivity contribution in [3.05, 3.63) is 57.4 Å². The number of aryl methyl sites for hydroxylation is 1. The number of nitrogens with zero attached hydrogens (tertiary/aromatic N) is 5. The number of hydrogen-bond donors (Lipinski definition) is 0. The van der Waals surface area contributed by atoms with Crippen LogP contribution < -0.4 is 11.2 Å². The lowest BCUT2D eigenvalue weighted by atomic mass is 10.1. The second-order valence-electron chi connectivity index (χ2n) is 7.23. The van der Waals surface area contributed by atoms with E-state index in [2.05, 4.69) is 4.98 Å². The minimum Gasteiger partial charge on any atom is -0.307 e. The maximum atomic E-state index is 13.1. The van der Waals surface area contributed by atoms with Gasteiger partial charge in [-0.25, -0.2) is 4.79 Å². The lowest BCUT2D eigenvalue weighted by molar-refractivity contribution is -0.117. The van der Waals surface area contributed by atoms with E-state index in [0.29, 0.717) is 11.4 Å². The molecule has 4 aromatic rings. The number of rotatable bonds is 4. The van der Waals surface area contributed by atoms with E-state index in [-0.39, 0.29) is 23.9 Å². The largest absolute Gasteiger partial charge is 0.332 e. The molecular weight excluding hydrogens is 358 g/mol. The molecule has 0 radical (unpaired) electrons. The van der Waals surface area contributed by atoms with Crippen LogP contribution in [-0.4, -0.2) is 28.9 Å². The van der Waals surface area contributed by atoms with Crippen molar-refractivity contribution in [3.8, 4) is 11.3 Å². The van der Waals surface area contributed by atoms with Crippen LogP contribution in [0.15, 0.2) is 46.1 Å². The van der Waals surface area contributed by atoms with Gasteiger partial charge in [-0.2, -0.15) is 4.98 Å². The monoisotopic (exact) mass is 379 g/mol. The highest BCUT2D eigenvalue weighted by Gasteiger charge is 2.22. The molecule has 3 heterocycles. The highest BCUT2D eigenvalue weighted by Crippen LogP contribution is 2.28. The molecule has 0 amide bonds. The van der Waals surface area contributed by atoms with Gasteiger partial charge in [0.1, 0.15) is 5.78 Å². The Bertz CT molecular complexity index is 1340. The molecule has 0 spiro atoms. The number of fused-ring (bicyclic) bond motifs is 3. The van der Waals surface area contributed by atoms with E-state index in [1.54, 1.807) is 11.4 Å². The summed E-state index contributed by atoms with van der Waals surface area (Å²) in [6.07, 6.45) is 1.87. The number of hydrogen-bond acceptors (Lipinski definition) is 4. The van der Waals surface area contributed by atoms with Gasteiger partial charge < -0.3 is 4.57 Å². The van der Waals surface area contributed by atoms with Crippen molar-refractivity contribution in [2.24, 2.45) is 7.05 Å².